The van der Waals surface area contributed by atoms with Gasteiger partial charge in [0.05, 0.1) is 23.8 Å². The van der Waals surface area contributed by atoms with Gasteiger partial charge in [-0.15, -0.1) is 0 Å². The number of hydrogen-bond acceptors (Lipinski definition) is 4. The summed E-state index contributed by atoms with van der Waals surface area (Å²) >= 11 is 0. The molecule has 4 nitrogen and oxygen atoms in total. The van der Waals surface area contributed by atoms with Crippen molar-refractivity contribution < 1.29 is 4.74 Å². The second-order valence-corrected chi connectivity index (χ2v) is 7.39. The van der Waals surface area contributed by atoms with Gasteiger partial charge in [0.2, 0.25) is 0 Å². The molecule has 0 aliphatic carbocycles. The highest BCUT2D eigenvalue weighted by Gasteiger charge is 2.38. The molecule has 0 unspecified atom stereocenters. The molecule has 0 saturated carbocycles. The number of nitrogens with zero attached hydrogens (tertiary/aromatic N) is 3. The number of anilines is 2. The van der Waals surface area contributed by atoms with Crippen molar-refractivity contribution in [1.29, 1.82) is 0 Å². The number of ether oxygens (including phenoxy) is 1. The fourth-order valence-electron chi connectivity index (χ4n) is 3.63. The molecule has 0 spiro atoms. The Morgan fingerprint density at radius 2 is 1.60 bits per heavy atom. The molecule has 1 aliphatic heterocycles. The van der Waals surface area contributed by atoms with E-state index in [2.05, 4.69) is 63.9 Å². The van der Waals surface area contributed by atoms with Gasteiger partial charge in [-0.2, -0.15) is 0 Å². The van der Waals surface area contributed by atoms with Gasteiger partial charge in [0.1, 0.15) is 5.75 Å². The minimum Gasteiger partial charge on any atom is -0.497 e. The maximum Gasteiger partial charge on any atom is 0.156 e. The lowest BCUT2D eigenvalue weighted by atomic mass is 9.77. The van der Waals surface area contributed by atoms with Crippen LogP contribution in [0.25, 0.3) is 11.0 Å². The highest BCUT2D eigenvalue weighted by atomic mass is 16.5. The van der Waals surface area contributed by atoms with E-state index in [1.807, 2.05) is 6.07 Å². The molecule has 1 aliphatic rings. The van der Waals surface area contributed by atoms with Crippen LogP contribution >= 0.6 is 0 Å². The summed E-state index contributed by atoms with van der Waals surface area (Å²) in [6.45, 7) is 8.65. The Kier molecular flexibility index (Phi) is 3.29. The molecule has 25 heavy (non-hydrogen) atoms. The van der Waals surface area contributed by atoms with Gasteiger partial charge in [0, 0.05) is 18.2 Å². The van der Waals surface area contributed by atoms with E-state index in [1.54, 1.807) is 7.11 Å². The second-order valence-electron chi connectivity index (χ2n) is 7.39. The summed E-state index contributed by atoms with van der Waals surface area (Å²) in [5.41, 5.74) is 7.50. The first-order valence-corrected chi connectivity index (χ1v) is 8.54. The van der Waals surface area contributed by atoms with Gasteiger partial charge in [0.25, 0.3) is 0 Å². The Morgan fingerprint density at radius 1 is 0.960 bits per heavy atom. The first-order chi connectivity index (χ1) is 11.8. The van der Waals surface area contributed by atoms with Crippen LogP contribution in [0.3, 0.4) is 0 Å². The van der Waals surface area contributed by atoms with Crippen LogP contribution in [-0.4, -0.2) is 24.1 Å². The Hall–Kier alpha value is -2.62. The molecule has 0 atom stereocenters. The van der Waals surface area contributed by atoms with Crippen LogP contribution in [0.15, 0.2) is 30.3 Å². The SMILES string of the molecule is COc1ccc2c(c1)C(C)(C)c1nc3cc(C)c(C)cc3nc1N2C. The van der Waals surface area contributed by atoms with Gasteiger partial charge < -0.3 is 9.64 Å². The fraction of sp³-hybridized carbons (Fsp3) is 0.333. The lowest BCUT2D eigenvalue weighted by Gasteiger charge is -2.38. The normalized spacial score (nSPS) is 15.0. The number of rotatable bonds is 1. The largest absolute Gasteiger partial charge is 0.497 e. The summed E-state index contributed by atoms with van der Waals surface area (Å²) in [5, 5.41) is 0. The molecular formula is C21H23N3O. The highest BCUT2D eigenvalue weighted by molar-refractivity contribution is 5.83. The summed E-state index contributed by atoms with van der Waals surface area (Å²) in [7, 11) is 3.76. The highest BCUT2D eigenvalue weighted by Crippen LogP contribution is 2.48. The summed E-state index contributed by atoms with van der Waals surface area (Å²) in [6.07, 6.45) is 0. The summed E-state index contributed by atoms with van der Waals surface area (Å²) in [4.78, 5) is 12.1. The molecule has 4 rings (SSSR count). The zero-order chi connectivity index (χ0) is 17.9. The van der Waals surface area contributed by atoms with Crippen LogP contribution in [0.2, 0.25) is 0 Å². The summed E-state index contributed by atoms with van der Waals surface area (Å²) < 4.78 is 5.44. The molecule has 4 heteroatoms. The van der Waals surface area contributed by atoms with Crippen LogP contribution < -0.4 is 9.64 Å². The molecule has 0 fully saturated rings. The van der Waals surface area contributed by atoms with Crippen molar-refractivity contribution in [2.75, 3.05) is 19.1 Å². The number of benzene rings is 2. The summed E-state index contributed by atoms with van der Waals surface area (Å²) in [5.74, 6) is 1.79. The second kappa shape index (κ2) is 5.19. The van der Waals surface area contributed by atoms with Crippen LogP contribution in [0, 0.1) is 13.8 Å². The predicted octanol–water partition coefficient (Wildman–Crippen LogP) is 4.66. The van der Waals surface area contributed by atoms with Crippen LogP contribution in [-0.2, 0) is 5.41 Å². The zero-order valence-electron chi connectivity index (χ0n) is 15.6. The molecule has 0 saturated heterocycles. The van der Waals surface area contributed by atoms with E-state index in [1.165, 1.54) is 16.7 Å². The van der Waals surface area contributed by atoms with Gasteiger partial charge in [0.15, 0.2) is 5.82 Å². The number of aryl methyl sites for hydroxylation is 2. The molecule has 0 N–H and O–H groups in total. The van der Waals surface area contributed by atoms with Gasteiger partial charge in [-0.05, 0) is 74.7 Å². The van der Waals surface area contributed by atoms with Crippen molar-refractivity contribution in [3.05, 3.63) is 52.7 Å². The third-order valence-corrected chi connectivity index (χ3v) is 5.41. The Morgan fingerprint density at radius 3 is 2.24 bits per heavy atom. The predicted molar refractivity (Wildman–Crippen MR) is 102 cm³/mol. The molecule has 0 amide bonds. The molecule has 128 valence electrons. The number of aromatic nitrogens is 2. The number of hydrogen-bond donors (Lipinski definition) is 0. The third-order valence-electron chi connectivity index (χ3n) is 5.41. The molecule has 0 radical (unpaired) electrons. The smallest absolute Gasteiger partial charge is 0.156 e. The van der Waals surface area contributed by atoms with Crippen LogP contribution in [0.5, 0.6) is 5.75 Å². The van der Waals surface area contributed by atoms with Crippen molar-refractivity contribution in [2.45, 2.75) is 33.1 Å². The maximum absolute atomic E-state index is 5.44. The van der Waals surface area contributed by atoms with Crippen molar-refractivity contribution in [3.63, 3.8) is 0 Å². The molecule has 0 bridgehead atoms. The number of methoxy groups -OCH3 is 1. The van der Waals surface area contributed by atoms with E-state index in [-0.39, 0.29) is 5.41 Å². The van der Waals surface area contributed by atoms with Gasteiger partial charge in [-0.3, -0.25) is 0 Å². The topological polar surface area (TPSA) is 38.3 Å². The molecule has 2 aromatic carbocycles. The van der Waals surface area contributed by atoms with Gasteiger partial charge >= 0.3 is 0 Å². The van der Waals surface area contributed by atoms with Crippen LogP contribution in [0.4, 0.5) is 11.5 Å². The Labute approximate surface area is 148 Å². The quantitative estimate of drug-likeness (QED) is 0.649. The Balaban J connectivity index is 2.02. The van der Waals surface area contributed by atoms with E-state index in [4.69, 9.17) is 14.7 Å². The average Bonchev–Trinajstić information content (AvgIpc) is 2.59. The standard InChI is InChI=1S/C21H23N3O/c1-12-9-16-17(10-13(12)2)23-20-19(22-16)21(3,4)15-11-14(25-6)7-8-18(15)24(20)5/h7-11H,1-6H3. The fourth-order valence-corrected chi connectivity index (χ4v) is 3.63. The van der Waals surface area contributed by atoms with E-state index < -0.39 is 0 Å². The molecule has 1 aromatic heterocycles. The molecule has 3 aromatic rings. The van der Waals surface area contributed by atoms with E-state index >= 15 is 0 Å². The average molecular weight is 333 g/mol. The maximum atomic E-state index is 5.44. The number of fused-ring (bicyclic) bond motifs is 3. The zero-order valence-corrected chi connectivity index (χ0v) is 15.6. The summed E-state index contributed by atoms with van der Waals surface area (Å²) in [6, 6.07) is 10.5. The first-order valence-electron chi connectivity index (χ1n) is 8.54. The third kappa shape index (κ3) is 2.20. The van der Waals surface area contributed by atoms with Crippen molar-refractivity contribution >= 4 is 22.5 Å². The van der Waals surface area contributed by atoms with E-state index in [0.717, 1.165) is 34.0 Å². The lowest BCUT2D eigenvalue weighted by Crippen LogP contribution is -2.33. The minimum absolute atomic E-state index is 0.244. The van der Waals surface area contributed by atoms with Crippen molar-refractivity contribution in [1.82, 2.24) is 9.97 Å². The molecular weight excluding hydrogens is 310 g/mol. The lowest BCUT2D eigenvalue weighted by molar-refractivity contribution is 0.413. The molecule has 2 heterocycles. The first kappa shape index (κ1) is 15.9. The van der Waals surface area contributed by atoms with Crippen molar-refractivity contribution in [3.8, 4) is 5.75 Å². The van der Waals surface area contributed by atoms with E-state index in [9.17, 15) is 0 Å². The Bertz CT molecular complexity index is 1010. The van der Waals surface area contributed by atoms with Crippen LogP contribution in [0.1, 0.15) is 36.2 Å². The minimum atomic E-state index is -0.244. The van der Waals surface area contributed by atoms with Gasteiger partial charge in [-0.1, -0.05) is 0 Å². The van der Waals surface area contributed by atoms with Gasteiger partial charge in [-0.25, -0.2) is 9.97 Å². The van der Waals surface area contributed by atoms with E-state index in [0.29, 0.717) is 0 Å². The monoisotopic (exact) mass is 333 g/mol. The van der Waals surface area contributed by atoms with Crippen molar-refractivity contribution in [2.24, 2.45) is 0 Å².